The molecule has 9 aromatic carbocycles. The molecule has 0 fully saturated rings. The first-order valence-electron chi connectivity index (χ1n) is 19.8. The second-order valence-electron chi connectivity index (χ2n) is 15.0. The predicted molar refractivity (Wildman–Crippen MR) is 243 cm³/mol. The SMILES string of the molecule is c1ccc(-c2nc3ccccc3c3c(-c4ccc(-c5ccc(-c6cccc7c6c6ccccc6n7-c6ccccc6)cc5)cc4)c4c(cc23)oc2ccccc24)cc1. The Kier molecular flexibility index (Phi) is 7.23. The molecule has 0 radical (unpaired) electrons. The van der Waals surface area contributed by atoms with Crippen molar-refractivity contribution in [2.75, 3.05) is 0 Å². The highest BCUT2D eigenvalue weighted by atomic mass is 16.3. The van der Waals surface area contributed by atoms with Gasteiger partial charge in [0, 0.05) is 54.5 Å². The van der Waals surface area contributed by atoms with E-state index in [-0.39, 0.29) is 0 Å². The summed E-state index contributed by atoms with van der Waals surface area (Å²) in [6.07, 6.45) is 0. The maximum Gasteiger partial charge on any atom is 0.136 e. The summed E-state index contributed by atoms with van der Waals surface area (Å²) in [5.41, 5.74) is 15.4. The van der Waals surface area contributed by atoms with Gasteiger partial charge in [-0.25, -0.2) is 4.98 Å². The third kappa shape index (κ3) is 4.97. The van der Waals surface area contributed by atoms with Gasteiger partial charge in [0.25, 0.3) is 0 Å². The second-order valence-corrected chi connectivity index (χ2v) is 15.0. The molecule has 0 aliphatic rings. The minimum Gasteiger partial charge on any atom is -0.456 e. The topological polar surface area (TPSA) is 31.0 Å². The molecule has 0 bridgehead atoms. The van der Waals surface area contributed by atoms with Gasteiger partial charge in [0.1, 0.15) is 11.2 Å². The minimum atomic E-state index is 0.861. The number of nitrogens with zero attached hydrogens (tertiary/aromatic N) is 2. The Labute approximate surface area is 334 Å². The van der Waals surface area contributed by atoms with Crippen LogP contribution in [0, 0.1) is 0 Å². The molecule has 0 saturated carbocycles. The van der Waals surface area contributed by atoms with Crippen LogP contribution in [0.4, 0.5) is 0 Å². The average Bonchev–Trinajstić information content (AvgIpc) is 3.84. The molecule has 0 N–H and O–H groups in total. The van der Waals surface area contributed by atoms with E-state index in [1.165, 1.54) is 49.4 Å². The van der Waals surface area contributed by atoms with Gasteiger partial charge in [-0.3, -0.25) is 0 Å². The van der Waals surface area contributed by atoms with E-state index >= 15 is 0 Å². The quantitative estimate of drug-likeness (QED) is 0.165. The van der Waals surface area contributed by atoms with Gasteiger partial charge >= 0.3 is 0 Å². The minimum absolute atomic E-state index is 0.861. The third-order valence-electron chi connectivity index (χ3n) is 11.8. The van der Waals surface area contributed by atoms with E-state index in [0.717, 1.165) is 66.3 Å². The van der Waals surface area contributed by atoms with Crippen LogP contribution in [0.15, 0.2) is 211 Å². The molecule has 3 nitrogen and oxygen atoms in total. The van der Waals surface area contributed by atoms with E-state index in [4.69, 9.17) is 9.40 Å². The van der Waals surface area contributed by atoms with E-state index in [1.54, 1.807) is 0 Å². The van der Waals surface area contributed by atoms with Crippen molar-refractivity contribution in [3.63, 3.8) is 0 Å². The van der Waals surface area contributed by atoms with Gasteiger partial charge in [0.15, 0.2) is 0 Å². The van der Waals surface area contributed by atoms with Crippen LogP contribution in [-0.4, -0.2) is 9.55 Å². The number of para-hydroxylation sites is 4. The fraction of sp³-hybridized carbons (Fsp3) is 0. The van der Waals surface area contributed by atoms with Gasteiger partial charge < -0.3 is 8.98 Å². The Balaban J connectivity index is 1.01. The number of hydrogen-bond acceptors (Lipinski definition) is 2. The first kappa shape index (κ1) is 32.5. The monoisotopic (exact) mass is 738 g/mol. The van der Waals surface area contributed by atoms with Crippen LogP contribution in [0.3, 0.4) is 0 Å². The molecular weight excluding hydrogens is 705 g/mol. The summed E-state index contributed by atoms with van der Waals surface area (Å²) < 4.78 is 8.99. The van der Waals surface area contributed by atoms with Crippen LogP contribution >= 0.6 is 0 Å². The molecule has 3 aromatic heterocycles. The van der Waals surface area contributed by atoms with Gasteiger partial charge in [0.05, 0.1) is 22.2 Å². The Morgan fingerprint density at radius 3 is 1.74 bits per heavy atom. The molecule has 0 spiro atoms. The van der Waals surface area contributed by atoms with E-state index in [1.807, 2.05) is 6.07 Å². The summed E-state index contributed by atoms with van der Waals surface area (Å²) in [6.45, 7) is 0. The summed E-state index contributed by atoms with van der Waals surface area (Å²) >= 11 is 0. The van der Waals surface area contributed by atoms with Gasteiger partial charge in [-0.15, -0.1) is 0 Å². The fourth-order valence-corrected chi connectivity index (χ4v) is 9.21. The molecule has 12 rings (SSSR count). The van der Waals surface area contributed by atoms with Crippen LogP contribution < -0.4 is 0 Å². The van der Waals surface area contributed by atoms with Gasteiger partial charge in [-0.05, 0) is 70.3 Å². The standard InChI is InChI=1S/C55H34N2O/c1-3-14-39(15-4-1)55-45-34-50-54(44-20-9-12-25-49(44)58-50)51(53(45)42-18-7-10-22-46(42)56-55)38-32-28-36(29-33-38)35-26-30-37(31-27-35)41-21-13-24-48-52(41)43-19-8-11-23-47(43)57(48)40-16-5-2-6-17-40/h1-34H. The third-order valence-corrected chi connectivity index (χ3v) is 11.8. The lowest BCUT2D eigenvalue weighted by Gasteiger charge is -2.16. The second kappa shape index (κ2) is 12.9. The Bertz CT molecular complexity index is 3520. The Hall–Kier alpha value is -7.75. The molecule has 270 valence electrons. The zero-order valence-corrected chi connectivity index (χ0v) is 31.4. The maximum atomic E-state index is 6.61. The summed E-state index contributed by atoms with van der Waals surface area (Å²) in [6, 6.07) is 73.7. The molecular formula is C55H34N2O. The molecule has 3 heteroatoms. The number of aromatic nitrogens is 2. The zero-order chi connectivity index (χ0) is 38.2. The summed E-state index contributed by atoms with van der Waals surface area (Å²) in [4.78, 5) is 5.26. The van der Waals surface area contributed by atoms with Crippen molar-refractivity contribution in [3.8, 4) is 50.3 Å². The molecule has 12 aromatic rings. The molecule has 0 unspecified atom stereocenters. The smallest absolute Gasteiger partial charge is 0.136 e. The highest BCUT2D eigenvalue weighted by Crippen LogP contribution is 2.47. The summed E-state index contributed by atoms with van der Waals surface area (Å²) in [5.74, 6) is 0. The fourth-order valence-electron chi connectivity index (χ4n) is 9.21. The number of fused-ring (bicyclic) bond motifs is 9. The number of furan rings is 1. The summed E-state index contributed by atoms with van der Waals surface area (Å²) in [7, 11) is 0. The first-order chi connectivity index (χ1) is 28.8. The van der Waals surface area contributed by atoms with Crippen LogP contribution in [0.1, 0.15) is 0 Å². The van der Waals surface area contributed by atoms with Crippen molar-refractivity contribution in [1.29, 1.82) is 0 Å². The lowest BCUT2D eigenvalue weighted by atomic mass is 9.89. The molecule has 58 heavy (non-hydrogen) atoms. The number of benzene rings is 9. The lowest BCUT2D eigenvalue weighted by Crippen LogP contribution is -1.93. The zero-order valence-electron chi connectivity index (χ0n) is 31.4. The van der Waals surface area contributed by atoms with E-state index in [0.29, 0.717) is 0 Å². The van der Waals surface area contributed by atoms with E-state index in [2.05, 4.69) is 205 Å². The molecule has 0 aliphatic heterocycles. The van der Waals surface area contributed by atoms with Crippen molar-refractivity contribution >= 4 is 65.4 Å². The van der Waals surface area contributed by atoms with Crippen molar-refractivity contribution in [2.45, 2.75) is 0 Å². The Morgan fingerprint density at radius 2 is 0.966 bits per heavy atom. The van der Waals surface area contributed by atoms with E-state index in [9.17, 15) is 0 Å². The largest absolute Gasteiger partial charge is 0.456 e. The maximum absolute atomic E-state index is 6.61. The van der Waals surface area contributed by atoms with Crippen molar-refractivity contribution in [2.24, 2.45) is 0 Å². The molecule has 0 atom stereocenters. The average molecular weight is 739 g/mol. The number of hydrogen-bond donors (Lipinski definition) is 0. The number of rotatable bonds is 5. The van der Waals surface area contributed by atoms with Crippen molar-refractivity contribution in [1.82, 2.24) is 9.55 Å². The van der Waals surface area contributed by atoms with Crippen molar-refractivity contribution in [3.05, 3.63) is 206 Å². The van der Waals surface area contributed by atoms with Crippen LogP contribution in [-0.2, 0) is 0 Å². The highest BCUT2D eigenvalue weighted by Gasteiger charge is 2.22. The van der Waals surface area contributed by atoms with Gasteiger partial charge in [-0.1, -0.05) is 164 Å². The van der Waals surface area contributed by atoms with Crippen LogP contribution in [0.25, 0.3) is 116 Å². The first-order valence-corrected chi connectivity index (χ1v) is 19.8. The molecule has 0 saturated heterocycles. The molecule has 3 heterocycles. The Morgan fingerprint density at radius 1 is 0.362 bits per heavy atom. The van der Waals surface area contributed by atoms with Crippen LogP contribution in [0.2, 0.25) is 0 Å². The highest BCUT2D eigenvalue weighted by molar-refractivity contribution is 6.27. The molecule has 0 amide bonds. The predicted octanol–water partition coefficient (Wildman–Crippen LogP) is 15.1. The number of pyridine rings is 1. The van der Waals surface area contributed by atoms with Crippen LogP contribution in [0.5, 0.6) is 0 Å². The van der Waals surface area contributed by atoms with Gasteiger partial charge in [0.2, 0.25) is 0 Å². The van der Waals surface area contributed by atoms with Crippen molar-refractivity contribution < 1.29 is 4.42 Å². The normalized spacial score (nSPS) is 11.8. The van der Waals surface area contributed by atoms with E-state index < -0.39 is 0 Å². The molecule has 0 aliphatic carbocycles. The van der Waals surface area contributed by atoms with Gasteiger partial charge in [-0.2, -0.15) is 0 Å². The summed E-state index contributed by atoms with van der Waals surface area (Å²) in [5, 5.41) is 8.14. The lowest BCUT2D eigenvalue weighted by molar-refractivity contribution is 0.669.